The van der Waals surface area contributed by atoms with E-state index in [4.69, 9.17) is 4.74 Å². The number of nitrogens with zero attached hydrogens (tertiary/aromatic N) is 3. The van der Waals surface area contributed by atoms with E-state index >= 15 is 0 Å². The first-order valence-electron chi connectivity index (χ1n) is 5.96. The molecule has 0 radical (unpaired) electrons. The fourth-order valence-corrected chi connectivity index (χ4v) is 1.97. The van der Waals surface area contributed by atoms with Crippen LogP contribution in [0, 0.1) is 29.8 Å². The number of nitro benzene ring substituents is 1. The summed E-state index contributed by atoms with van der Waals surface area (Å²) >= 11 is 0. The number of aryl methyl sites for hydroxylation is 2. The summed E-state index contributed by atoms with van der Waals surface area (Å²) in [7, 11) is 1.76. The van der Waals surface area contributed by atoms with Crippen molar-refractivity contribution < 1.29 is 14.1 Å². The first kappa shape index (κ1) is 14.0. The molecule has 0 aliphatic rings. The van der Waals surface area contributed by atoms with Crippen LogP contribution in [-0.2, 0) is 13.7 Å². The van der Waals surface area contributed by atoms with Gasteiger partial charge in [0.25, 0.3) is 5.69 Å². The highest BCUT2D eigenvalue weighted by atomic mass is 19.1. The van der Waals surface area contributed by atoms with E-state index in [0.29, 0.717) is 11.4 Å². The third-order valence-corrected chi connectivity index (χ3v) is 3.09. The van der Waals surface area contributed by atoms with Crippen LogP contribution in [0.4, 0.5) is 10.1 Å². The van der Waals surface area contributed by atoms with Crippen molar-refractivity contribution in [2.75, 3.05) is 0 Å². The topological polar surface area (TPSA) is 70.2 Å². The molecule has 0 saturated carbocycles. The van der Waals surface area contributed by atoms with E-state index in [1.54, 1.807) is 18.7 Å². The molecule has 0 atom stereocenters. The summed E-state index contributed by atoms with van der Waals surface area (Å²) in [6, 6.07) is 3.73. The number of nitro groups is 1. The summed E-state index contributed by atoms with van der Waals surface area (Å²) in [6.45, 7) is 3.36. The number of rotatable bonds is 4. The molecule has 0 aliphatic carbocycles. The van der Waals surface area contributed by atoms with Crippen LogP contribution >= 0.6 is 0 Å². The van der Waals surface area contributed by atoms with E-state index in [1.807, 2.05) is 6.92 Å². The molecule has 0 bridgehead atoms. The van der Waals surface area contributed by atoms with Gasteiger partial charge in [0.15, 0.2) is 5.75 Å². The van der Waals surface area contributed by atoms with Gasteiger partial charge in [0.1, 0.15) is 23.7 Å². The molecule has 6 nitrogen and oxygen atoms in total. The van der Waals surface area contributed by atoms with Gasteiger partial charge in [-0.15, -0.1) is 0 Å². The van der Waals surface area contributed by atoms with Gasteiger partial charge >= 0.3 is 0 Å². The minimum absolute atomic E-state index is 0.0693. The normalized spacial score (nSPS) is 10.6. The van der Waals surface area contributed by atoms with Gasteiger partial charge in [-0.25, -0.2) is 4.39 Å². The Balaban J connectivity index is 2.30. The second-order valence-corrected chi connectivity index (χ2v) is 4.41. The van der Waals surface area contributed by atoms with Crippen molar-refractivity contribution >= 4 is 5.69 Å². The largest absolute Gasteiger partial charge is 0.485 e. The fraction of sp³-hybridized carbons (Fsp3) is 0.308. The molecular weight excluding hydrogens is 265 g/mol. The monoisotopic (exact) mass is 279 g/mol. The van der Waals surface area contributed by atoms with Crippen LogP contribution in [0.1, 0.15) is 17.0 Å². The van der Waals surface area contributed by atoms with Gasteiger partial charge in [-0.2, -0.15) is 5.10 Å². The second-order valence-electron chi connectivity index (χ2n) is 4.41. The molecule has 2 rings (SSSR count). The van der Waals surface area contributed by atoms with Crippen LogP contribution in [0.15, 0.2) is 18.2 Å². The number of halogens is 1. The van der Waals surface area contributed by atoms with Gasteiger partial charge in [0.2, 0.25) is 0 Å². The molecular formula is C13H14FN3O3. The smallest absolute Gasteiger partial charge is 0.278 e. The molecule has 106 valence electrons. The van der Waals surface area contributed by atoms with Crippen molar-refractivity contribution in [3.05, 3.63) is 51.1 Å². The van der Waals surface area contributed by atoms with Gasteiger partial charge in [-0.3, -0.25) is 14.8 Å². The van der Waals surface area contributed by atoms with E-state index in [9.17, 15) is 14.5 Å². The highest BCUT2D eigenvalue weighted by Gasteiger charge is 2.19. The summed E-state index contributed by atoms with van der Waals surface area (Å²) in [5, 5.41) is 15.1. The Morgan fingerprint density at radius 1 is 1.45 bits per heavy atom. The molecule has 0 amide bonds. The summed E-state index contributed by atoms with van der Waals surface area (Å²) in [5.74, 6) is -0.136. The molecule has 7 heteroatoms. The average Bonchev–Trinajstić information content (AvgIpc) is 2.62. The first-order valence-corrected chi connectivity index (χ1v) is 5.96. The van der Waals surface area contributed by atoms with Crippen molar-refractivity contribution in [1.29, 1.82) is 0 Å². The minimum Gasteiger partial charge on any atom is -0.485 e. The molecule has 0 fully saturated rings. The maximum Gasteiger partial charge on any atom is 0.278 e. The van der Waals surface area contributed by atoms with Crippen molar-refractivity contribution in [2.45, 2.75) is 20.5 Å². The third-order valence-electron chi connectivity index (χ3n) is 3.09. The SMILES string of the molecule is Cc1nn(C)c(C)c1OCc1c(F)cccc1[N+](=O)[O-]. The van der Waals surface area contributed by atoms with Crippen molar-refractivity contribution in [1.82, 2.24) is 9.78 Å². The Kier molecular flexibility index (Phi) is 3.69. The highest BCUT2D eigenvalue weighted by molar-refractivity contribution is 5.41. The molecule has 20 heavy (non-hydrogen) atoms. The van der Waals surface area contributed by atoms with Gasteiger partial charge in [0, 0.05) is 13.1 Å². The van der Waals surface area contributed by atoms with Gasteiger partial charge in [-0.1, -0.05) is 6.07 Å². The quantitative estimate of drug-likeness (QED) is 0.637. The Morgan fingerprint density at radius 3 is 2.70 bits per heavy atom. The van der Waals surface area contributed by atoms with Crippen molar-refractivity contribution in [2.24, 2.45) is 7.05 Å². The molecule has 1 aromatic carbocycles. The average molecular weight is 279 g/mol. The van der Waals surface area contributed by atoms with Crippen LogP contribution in [0.25, 0.3) is 0 Å². The lowest BCUT2D eigenvalue weighted by atomic mass is 10.2. The predicted octanol–water partition coefficient (Wildman–Crippen LogP) is 2.66. The van der Waals surface area contributed by atoms with Crippen LogP contribution < -0.4 is 4.74 Å². The molecule has 0 saturated heterocycles. The number of aromatic nitrogens is 2. The maximum atomic E-state index is 13.7. The molecule has 1 aromatic heterocycles. The van der Waals surface area contributed by atoms with Crippen molar-refractivity contribution in [3.63, 3.8) is 0 Å². The Labute approximate surface area is 114 Å². The predicted molar refractivity (Wildman–Crippen MR) is 70.1 cm³/mol. The third kappa shape index (κ3) is 2.47. The summed E-state index contributed by atoms with van der Waals surface area (Å²) in [5.41, 5.74) is 1.08. The van der Waals surface area contributed by atoms with Gasteiger partial charge in [0.05, 0.1) is 10.6 Å². The van der Waals surface area contributed by atoms with Crippen LogP contribution in [0.5, 0.6) is 5.75 Å². The van der Waals surface area contributed by atoms with E-state index in [1.165, 1.54) is 18.2 Å². The molecule has 1 heterocycles. The zero-order valence-corrected chi connectivity index (χ0v) is 11.4. The minimum atomic E-state index is -0.654. The molecule has 2 aromatic rings. The zero-order valence-electron chi connectivity index (χ0n) is 11.4. The summed E-state index contributed by atoms with van der Waals surface area (Å²) in [4.78, 5) is 10.3. The highest BCUT2D eigenvalue weighted by Crippen LogP contribution is 2.26. The number of benzene rings is 1. The van der Waals surface area contributed by atoms with Crippen LogP contribution in [-0.4, -0.2) is 14.7 Å². The van der Waals surface area contributed by atoms with Gasteiger partial charge < -0.3 is 4.74 Å². The lowest BCUT2D eigenvalue weighted by Gasteiger charge is -2.08. The maximum absolute atomic E-state index is 13.7. The van der Waals surface area contributed by atoms with Gasteiger partial charge in [-0.05, 0) is 19.9 Å². The lowest BCUT2D eigenvalue weighted by molar-refractivity contribution is -0.386. The standard InChI is InChI=1S/C13H14FN3O3/c1-8-13(9(2)16(3)15-8)20-7-10-11(14)5-4-6-12(10)17(18)19/h4-6H,7H2,1-3H3. The van der Waals surface area contributed by atoms with Crippen LogP contribution in [0.3, 0.4) is 0 Å². The first-order chi connectivity index (χ1) is 9.41. The van der Waals surface area contributed by atoms with Crippen molar-refractivity contribution in [3.8, 4) is 5.75 Å². The Bertz CT molecular complexity index is 667. The number of ether oxygens (including phenoxy) is 1. The van der Waals surface area contributed by atoms with Crippen LogP contribution in [0.2, 0.25) is 0 Å². The molecule has 0 N–H and O–H groups in total. The summed E-state index contributed by atoms with van der Waals surface area (Å²) < 4.78 is 20.9. The molecule has 0 unspecified atom stereocenters. The van der Waals surface area contributed by atoms with E-state index in [2.05, 4.69) is 5.10 Å². The molecule has 0 spiro atoms. The Morgan fingerprint density at radius 2 is 2.15 bits per heavy atom. The number of hydrogen-bond donors (Lipinski definition) is 0. The lowest BCUT2D eigenvalue weighted by Crippen LogP contribution is -2.04. The Hall–Kier alpha value is -2.44. The van der Waals surface area contributed by atoms with E-state index in [-0.39, 0.29) is 17.9 Å². The molecule has 0 aliphatic heterocycles. The second kappa shape index (κ2) is 5.28. The van der Waals surface area contributed by atoms with E-state index < -0.39 is 10.7 Å². The fourth-order valence-electron chi connectivity index (χ4n) is 1.97. The zero-order chi connectivity index (χ0) is 14.9. The van der Waals surface area contributed by atoms with E-state index in [0.717, 1.165) is 5.69 Å². The summed E-state index contributed by atoms with van der Waals surface area (Å²) in [6.07, 6.45) is 0. The number of hydrogen-bond acceptors (Lipinski definition) is 4.